The highest BCUT2D eigenvalue weighted by atomic mass is 32.1. The predicted octanol–water partition coefficient (Wildman–Crippen LogP) is 1.58. The molecule has 0 aromatic carbocycles. The zero-order valence-corrected chi connectivity index (χ0v) is 12.4. The van der Waals surface area contributed by atoms with Gasteiger partial charge in [-0.05, 0) is 19.3 Å². The Balaban J connectivity index is 1.64. The number of amides is 1. The van der Waals surface area contributed by atoms with Crippen molar-refractivity contribution in [2.75, 3.05) is 0 Å². The molecule has 2 aromatic heterocycles. The number of carboxylic acid groups (broad SMARTS) is 1. The number of thiazole rings is 1. The minimum absolute atomic E-state index is 0.102. The topological polar surface area (TPSA) is 105 Å². The smallest absolute Gasteiger partial charge is 0.306 e. The Labute approximate surface area is 130 Å². The first-order valence-electron chi connectivity index (χ1n) is 6.89. The number of carboxylic acids is 1. The molecule has 1 aliphatic rings. The average Bonchev–Trinajstić information content (AvgIpc) is 3.17. The average molecular weight is 318 g/mol. The van der Waals surface area contributed by atoms with Gasteiger partial charge in [-0.15, -0.1) is 11.3 Å². The van der Waals surface area contributed by atoms with Gasteiger partial charge in [-0.3, -0.25) is 19.6 Å². The molecule has 22 heavy (non-hydrogen) atoms. The van der Waals surface area contributed by atoms with E-state index in [9.17, 15) is 9.59 Å². The molecule has 0 bridgehead atoms. The van der Waals surface area contributed by atoms with Crippen LogP contribution in [0.15, 0.2) is 24.0 Å². The summed E-state index contributed by atoms with van der Waals surface area (Å²) in [6.07, 6.45) is 6.49. The minimum Gasteiger partial charge on any atom is -0.481 e. The van der Waals surface area contributed by atoms with E-state index in [2.05, 4.69) is 20.3 Å². The number of hydrogen-bond donors (Lipinski definition) is 2. The van der Waals surface area contributed by atoms with Gasteiger partial charge in [0.2, 0.25) is 0 Å². The second-order valence-electron chi connectivity index (χ2n) is 5.15. The number of rotatable bonds is 4. The molecule has 0 radical (unpaired) electrons. The molecule has 1 fully saturated rings. The van der Waals surface area contributed by atoms with Gasteiger partial charge in [0.1, 0.15) is 16.4 Å². The summed E-state index contributed by atoms with van der Waals surface area (Å²) in [5, 5.41) is 14.1. The van der Waals surface area contributed by atoms with Crippen LogP contribution < -0.4 is 5.32 Å². The van der Waals surface area contributed by atoms with E-state index in [1.54, 1.807) is 24.0 Å². The van der Waals surface area contributed by atoms with Crippen LogP contribution in [0.4, 0.5) is 0 Å². The number of nitrogens with one attached hydrogen (secondary N) is 1. The molecule has 114 valence electrons. The lowest BCUT2D eigenvalue weighted by Crippen LogP contribution is -2.33. The van der Waals surface area contributed by atoms with E-state index in [4.69, 9.17) is 5.11 Å². The molecule has 7 nitrogen and oxygen atoms in total. The van der Waals surface area contributed by atoms with Crippen molar-refractivity contribution in [1.29, 1.82) is 0 Å². The van der Waals surface area contributed by atoms with Gasteiger partial charge in [-0.2, -0.15) is 0 Å². The highest BCUT2D eigenvalue weighted by molar-refractivity contribution is 7.13. The van der Waals surface area contributed by atoms with Gasteiger partial charge < -0.3 is 10.4 Å². The maximum absolute atomic E-state index is 12.2. The fourth-order valence-corrected chi connectivity index (χ4v) is 3.26. The Morgan fingerprint density at radius 2 is 2.18 bits per heavy atom. The second kappa shape index (κ2) is 6.18. The molecule has 8 heteroatoms. The van der Waals surface area contributed by atoms with Gasteiger partial charge in [-0.25, -0.2) is 4.98 Å². The van der Waals surface area contributed by atoms with E-state index in [-0.39, 0.29) is 17.9 Å². The third-order valence-corrected chi connectivity index (χ3v) is 4.50. The van der Waals surface area contributed by atoms with Gasteiger partial charge >= 0.3 is 5.97 Å². The van der Waals surface area contributed by atoms with E-state index < -0.39 is 5.97 Å². The van der Waals surface area contributed by atoms with E-state index in [1.807, 2.05) is 0 Å². The number of nitrogens with zero attached hydrogens (tertiary/aromatic N) is 3. The maximum atomic E-state index is 12.2. The van der Waals surface area contributed by atoms with Crippen molar-refractivity contribution in [3.8, 4) is 10.7 Å². The van der Waals surface area contributed by atoms with Crippen LogP contribution in [0, 0.1) is 5.92 Å². The third-order valence-electron chi connectivity index (χ3n) is 3.64. The summed E-state index contributed by atoms with van der Waals surface area (Å²) in [4.78, 5) is 35.5. The number of aliphatic carboxylic acids is 1. The molecule has 3 rings (SSSR count). The van der Waals surface area contributed by atoms with Crippen LogP contribution in [0.3, 0.4) is 0 Å². The van der Waals surface area contributed by atoms with Crippen LogP contribution in [-0.2, 0) is 4.79 Å². The summed E-state index contributed by atoms with van der Waals surface area (Å²) in [6.45, 7) is 0. The van der Waals surface area contributed by atoms with Gasteiger partial charge in [-0.1, -0.05) is 0 Å². The molecule has 1 amide bonds. The molecule has 2 heterocycles. The van der Waals surface area contributed by atoms with Crippen LogP contribution in [0.1, 0.15) is 29.8 Å². The zero-order valence-electron chi connectivity index (χ0n) is 11.6. The summed E-state index contributed by atoms with van der Waals surface area (Å²) in [7, 11) is 0. The molecule has 2 atom stereocenters. The van der Waals surface area contributed by atoms with Crippen LogP contribution in [0.2, 0.25) is 0 Å². The lowest BCUT2D eigenvalue weighted by molar-refractivity contribution is -0.141. The Morgan fingerprint density at radius 1 is 1.32 bits per heavy atom. The minimum atomic E-state index is -0.796. The monoisotopic (exact) mass is 318 g/mol. The summed E-state index contributed by atoms with van der Waals surface area (Å²) < 4.78 is 0. The third kappa shape index (κ3) is 3.11. The lowest BCUT2D eigenvalue weighted by atomic mass is 10.1. The quantitative estimate of drug-likeness (QED) is 0.887. The Morgan fingerprint density at radius 3 is 2.86 bits per heavy atom. The van der Waals surface area contributed by atoms with E-state index in [1.165, 1.54) is 11.3 Å². The molecule has 1 saturated carbocycles. The molecular weight excluding hydrogens is 304 g/mol. The molecule has 0 unspecified atom stereocenters. The first kappa shape index (κ1) is 14.6. The predicted molar refractivity (Wildman–Crippen MR) is 79.4 cm³/mol. The molecule has 2 aromatic rings. The van der Waals surface area contributed by atoms with Crippen molar-refractivity contribution in [3.05, 3.63) is 29.7 Å². The fraction of sp³-hybridized carbons (Fsp3) is 0.357. The molecule has 0 saturated heterocycles. The summed E-state index contributed by atoms with van der Waals surface area (Å²) in [5.41, 5.74) is 0.947. The summed E-state index contributed by atoms with van der Waals surface area (Å²) in [6, 6.07) is -0.102. The molecule has 0 aliphatic heterocycles. The Bertz CT molecular complexity index is 688. The number of carbonyl (C=O) groups excluding carboxylic acids is 1. The van der Waals surface area contributed by atoms with Crippen molar-refractivity contribution in [2.45, 2.75) is 25.3 Å². The summed E-state index contributed by atoms with van der Waals surface area (Å²) >= 11 is 1.33. The van der Waals surface area contributed by atoms with Crippen LogP contribution in [0.5, 0.6) is 0 Å². The first-order chi connectivity index (χ1) is 10.6. The SMILES string of the molecule is O=C(N[C@H]1CC[C@@H](C(=O)O)C1)c1csc(-c2cnccn2)n1. The van der Waals surface area contributed by atoms with Crippen LogP contribution >= 0.6 is 11.3 Å². The molecule has 1 aliphatic carbocycles. The molecule has 0 spiro atoms. The van der Waals surface area contributed by atoms with E-state index >= 15 is 0 Å². The fourth-order valence-electron chi connectivity index (χ4n) is 2.50. The van der Waals surface area contributed by atoms with E-state index in [0.29, 0.717) is 35.7 Å². The first-order valence-corrected chi connectivity index (χ1v) is 7.77. The van der Waals surface area contributed by atoms with Gasteiger partial charge in [0.05, 0.1) is 12.1 Å². The maximum Gasteiger partial charge on any atom is 0.306 e. The van der Waals surface area contributed by atoms with Gasteiger partial charge in [0.25, 0.3) is 5.91 Å². The van der Waals surface area contributed by atoms with Crippen molar-refractivity contribution in [3.63, 3.8) is 0 Å². The highest BCUT2D eigenvalue weighted by Crippen LogP contribution is 2.26. The number of aromatic nitrogens is 3. The summed E-state index contributed by atoms with van der Waals surface area (Å²) in [5.74, 6) is -1.44. The van der Waals surface area contributed by atoms with Gasteiger partial charge in [0, 0.05) is 23.8 Å². The number of hydrogen-bond acceptors (Lipinski definition) is 6. The Hall–Kier alpha value is -2.35. The van der Waals surface area contributed by atoms with Gasteiger partial charge in [0.15, 0.2) is 0 Å². The molecular formula is C14H14N4O3S. The van der Waals surface area contributed by atoms with Crippen molar-refractivity contribution in [1.82, 2.24) is 20.3 Å². The van der Waals surface area contributed by atoms with Crippen molar-refractivity contribution >= 4 is 23.2 Å². The highest BCUT2D eigenvalue weighted by Gasteiger charge is 2.31. The standard InChI is InChI=1S/C14H14N4O3S/c19-12(17-9-2-1-8(5-9)14(20)21)11-7-22-13(18-11)10-6-15-3-4-16-10/h3-4,6-9H,1-2,5H2,(H,17,19)(H,20,21)/t8-,9+/m1/s1. The van der Waals surface area contributed by atoms with Crippen molar-refractivity contribution < 1.29 is 14.7 Å². The molecule has 2 N–H and O–H groups in total. The second-order valence-corrected chi connectivity index (χ2v) is 6.01. The van der Waals surface area contributed by atoms with Crippen LogP contribution in [0.25, 0.3) is 10.7 Å². The number of carbonyl (C=O) groups is 2. The Kier molecular flexibility index (Phi) is 4.10. The zero-order chi connectivity index (χ0) is 15.5. The van der Waals surface area contributed by atoms with Crippen LogP contribution in [-0.4, -0.2) is 38.0 Å². The van der Waals surface area contributed by atoms with E-state index in [0.717, 1.165) is 0 Å². The lowest BCUT2D eigenvalue weighted by Gasteiger charge is -2.10. The largest absolute Gasteiger partial charge is 0.481 e. The van der Waals surface area contributed by atoms with Crippen molar-refractivity contribution in [2.24, 2.45) is 5.92 Å². The normalized spacial score (nSPS) is 20.7.